The summed E-state index contributed by atoms with van der Waals surface area (Å²) in [6.45, 7) is 6.82. The summed E-state index contributed by atoms with van der Waals surface area (Å²) >= 11 is 0. The van der Waals surface area contributed by atoms with Crippen LogP contribution in [0.3, 0.4) is 0 Å². The monoisotopic (exact) mass is 438 g/mol. The quantitative estimate of drug-likeness (QED) is 0.367. The van der Waals surface area contributed by atoms with Crippen LogP contribution in [0, 0.1) is 0 Å². The number of likely N-dealkylation sites (N-methyl/N-ethyl adjacent to an activating group) is 1. The number of aliphatic hydroxyl groups excluding tert-OH is 1. The number of rotatable bonds is 9. The van der Waals surface area contributed by atoms with E-state index in [4.69, 9.17) is 9.47 Å². The Labute approximate surface area is 188 Å². The Morgan fingerprint density at radius 2 is 1.47 bits per heavy atom. The molecule has 2 aromatic rings. The average Bonchev–Trinajstić information content (AvgIpc) is 3.09. The molecular formula is C25H30N2O5. The lowest BCUT2D eigenvalue weighted by molar-refractivity contribution is -0.140. The van der Waals surface area contributed by atoms with Gasteiger partial charge in [-0.3, -0.25) is 9.59 Å². The summed E-state index contributed by atoms with van der Waals surface area (Å²) in [6.07, 6.45) is 0. The molecule has 1 aliphatic rings. The molecule has 7 nitrogen and oxygen atoms in total. The third kappa shape index (κ3) is 4.62. The van der Waals surface area contributed by atoms with Crippen molar-refractivity contribution in [2.75, 3.05) is 40.4 Å². The van der Waals surface area contributed by atoms with Crippen LogP contribution in [0.2, 0.25) is 0 Å². The predicted octanol–water partition coefficient (Wildman–Crippen LogP) is 3.47. The van der Waals surface area contributed by atoms with Crippen molar-refractivity contribution >= 4 is 17.4 Å². The number of hydrogen-bond acceptors (Lipinski definition) is 6. The molecule has 1 amide bonds. The number of carbonyl (C=O) groups excluding carboxylic acids is 2. The van der Waals surface area contributed by atoms with Crippen molar-refractivity contribution < 1.29 is 24.2 Å². The van der Waals surface area contributed by atoms with Crippen LogP contribution < -0.4 is 9.47 Å². The molecule has 2 aromatic carbocycles. The van der Waals surface area contributed by atoms with Crippen LogP contribution in [0.1, 0.15) is 31.0 Å². The number of ketones is 1. The largest absolute Gasteiger partial charge is 0.507 e. The van der Waals surface area contributed by atoms with Crippen LogP contribution in [-0.2, 0) is 9.59 Å². The second kappa shape index (κ2) is 10.3. The van der Waals surface area contributed by atoms with Crippen molar-refractivity contribution in [3.8, 4) is 11.5 Å². The Morgan fingerprint density at radius 3 is 1.97 bits per heavy atom. The molecule has 0 aromatic heterocycles. The highest BCUT2D eigenvalue weighted by molar-refractivity contribution is 6.46. The molecule has 1 aliphatic heterocycles. The molecule has 1 N–H and O–H groups in total. The van der Waals surface area contributed by atoms with E-state index in [-0.39, 0.29) is 11.3 Å². The minimum absolute atomic E-state index is 0.0879. The zero-order valence-corrected chi connectivity index (χ0v) is 19.0. The van der Waals surface area contributed by atoms with Gasteiger partial charge in [0.25, 0.3) is 11.7 Å². The highest BCUT2D eigenvalue weighted by Gasteiger charge is 2.45. The zero-order chi connectivity index (χ0) is 23.3. The summed E-state index contributed by atoms with van der Waals surface area (Å²) in [4.78, 5) is 29.8. The normalized spacial score (nSPS) is 17.8. The fourth-order valence-electron chi connectivity index (χ4n) is 3.94. The summed E-state index contributed by atoms with van der Waals surface area (Å²) in [5.74, 6) is -0.180. The van der Waals surface area contributed by atoms with Crippen LogP contribution in [0.5, 0.6) is 11.5 Å². The third-order valence-electron chi connectivity index (χ3n) is 5.89. The Balaban J connectivity index is 2.07. The van der Waals surface area contributed by atoms with Gasteiger partial charge in [0.1, 0.15) is 17.3 Å². The molecule has 32 heavy (non-hydrogen) atoms. The number of carbonyl (C=O) groups is 2. The van der Waals surface area contributed by atoms with Crippen molar-refractivity contribution in [2.45, 2.75) is 19.9 Å². The van der Waals surface area contributed by atoms with Crippen molar-refractivity contribution in [3.05, 3.63) is 65.2 Å². The summed E-state index contributed by atoms with van der Waals surface area (Å²) in [5.41, 5.74) is 1.27. The van der Waals surface area contributed by atoms with Gasteiger partial charge >= 0.3 is 0 Å². The molecule has 1 saturated heterocycles. The number of nitrogens with zero attached hydrogens (tertiary/aromatic N) is 2. The fraction of sp³-hybridized carbons (Fsp3) is 0.360. The second-order valence-electron chi connectivity index (χ2n) is 7.52. The highest BCUT2D eigenvalue weighted by Crippen LogP contribution is 2.39. The maximum atomic E-state index is 13.1. The Bertz CT molecular complexity index is 978. The number of hydrogen-bond donors (Lipinski definition) is 1. The number of benzene rings is 2. The zero-order valence-electron chi connectivity index (χ0n) is 19.0. The van der Waals surface area contributed by atoms with Gasteiger partial charge in [-0.25, -0.2) is 0 Å². The van der Waals surface area contributed by atoms with E-state index in [2.05, 4.69) is 18.7 Å². The molecule has 1 fully saturated rings. The predicted molar refractivity (Wildman–Crippen MR) is 123 cm³/mol. The second-order valence-corrected chi connectivity index (χ2v) is 7.52. The third-order valence-corrected chi connectivity index (χ3v) is 5.89. The molecule has 7 heteroatoms. The van der Waals surface area contributed by atoms with Crippen LogP contribution in [-0.4, -0.2) is 67.0 Å². The van der Waals surface area contributed by atoms with Gasteiger partial charge in [0.15, 0.2) is 0 Å². The van der Waals surface area contributed by atoms with Crippen molar-refractivity contribution in [3.63, 3.8) is 0 Å². The van der Waals surface area contributed by atoms with Gasteiger partial charge in [0.05, 0.1) is 25.8 Å². The van der Waals surface area contributed by atoms with E-state index in [1.165, 1.54) is 0 Å². The minimum Gasteiger partial charge on any atom is -0.507 e. The van der Waals surface area contributed by atoms with Crippen molar-refractivity contribution in [1.29, 1.82) is 0 Å². The number of amides is 1. The maximum absolute atomic E-state index is 13.1. The van der Waals surface area contributed by atoms with Crippen LogP contribution in [0.4, 0.5) is 0 Å². The van der Waals surface area contributed by atoms with Gasteiger partial charge in [-0.05, 0) is 55.1 Å². The molecule has 1 heterocycles. The molecular weight excluding hydrogens is 408 g/mol. The van der Waals surface area contributed by atoms with Gasteiger partial charge in [-0.1, -0.05) is 26.0 Å². The van der Waals surface area contributed by atoms with E-state index in [1.54, 1.807) is 55.5 Å². The lowest BCUT2D eigenvalue weighted by Crippen LogP contribution is -2.38. The minimum atomic E-state index is -0.682. The lowest BCUT2D eigenvalue weighted by atomic mass is 9.95. The maximum Gasteiger partial charge on any atom is 0.295 e. The topological polar surface area (TPSA) is 79.3 Å². The first-order valence-corrected chi connectivity index (χ1v) is 10.7. The molecule has 0 bridgehead atoms. The molecule has 1 atom stereocenters. The van der Waals surface area contributed by atoms with Gasteiger partial charge in [0.2, 0.25) is 0 Å². The Morgan fingerprint density at radius 1 is 0.938 bits per heavy atom. The number of likely N-dealkylation sites (tertiary alicyclic amines) is 1. The van der Waals surface area contributed by atoms with E-state index in [9.17, 15) is 14.7 Å². The number of ether oxygens (including phenoxy) is 2. The molecule has 3 rings (SSSR count). The van der Waals surface area contributed by atoms with E-state index in [1.807, 2.05) is 12.1 Å². The van der Waals surface area contributed by atoms with Crippen LogP contribution in [0.15, 0.2) is 54.1 Å². The van der Waals surface area contributed by atoms with Crippen molar-refractivity contribution in [1.82, 2.24) is 9.80 Å². The molecule has 0 aliphatic carbocycles. The van der Waals surface area contributed by atoms with Gasteiger partial charge in [-0.2, -0.15) is 0 Å². The van der Waals surface area contributed by atoms with Gasteiger partial charge in [-0.15, -0.1) is 0 Å². The molecule has 0 saturated carbocycles. The first-order chi connectivity index (χ1) is 15.4. The molecule has 170 valence electrons. The van der Waals surface area contributed by atoms with Gasteiger partial charge < -0.3 is 24.4 Å². The van der Waals surface area contributed by atoms with E-state index < -0.39 is 17.7 Å². The number of Topliss-reactive ketones (excluding diaryl/α,β-unsaturated/α-hetero) is 1. The van der Waals surface area contributed by atoms with E-state index in [0.29, 0.717) is 30.2 Å². The molecule has 0 radical (unpaired) electrons. The number of aliphatic hydroxyl groups is 1. The summed E-state index contributed by atoms with van der Waals surface area (Å²) in [6, 6.07) is 13.3. The van der Waals surface area contributed by atoms with Gasteiger partial charge in [0, 0.05) is 18.7 Å². The van der Waals surface area contributed by atoms with E-state index in [0.717, 1.165) is 18.7 Å². The highest BCUT2D eigenvalue weighted by atomic mass is 16.5. The SMILES string of the molecule is CCN(CC)CCN1C(=O)C(=O)C(=C(O)c2ccc(OC)cc2)[C@H]1c1ccc(OC)cc1. The Hall–Kier alpha value is -3.32. The standard InChI is InChI=1S/C25H30N2O5/c1-5-26(6-2)15-16-27-22(17-7-11-19(31-3)12-8-17)21(24(29)25(27)30)23(28)18-9-13-20(32-4)14-10-18/h7-14,22,28H,5-6,15-16H2,1-4H3/t22-/m1/s1. The lowest BCUT2D eigenvalue weighted by Gasteiger charge is -2.28. The first kappa shape index (κ1) is 23.3. The summed E-state index contributed by atoms with van der Waals surface area (Å²) in [7, 11) is 3.13. The average molecular weight is 439 g/mol. The Kier molecular flexibility index (Phi) is 7.53. The fourth-order valence-corrected chi connectivity index (χ4v) is 3.94. The molecule has 0 unspecified atom stereocenters. The first-order valence-electron chi connectivity index (χ1n) is 10.7. The van der Waals surface area contributed by atoms with Crippen molar-refractivity contribution in [2.24, 2.45) is 0 Å². The van der Waals surface area contributed by atoms with Crippen LogP contribution in [0.25, 0.3) is 5.76 Å². The summed E-state index contributed by atoms with van der Waals surface area (Å²) in [5, 5.41) is 11.1. The van der Waals surface area contributed by atoms with E-state index >= 15 is 0 Å². The van der Waals surface area contributed by atoms with Crippen LogP contribution >= 0.6 is 0 Å². The number of methoxy groups -OCH3 is 2. The molecule has 0 spiro atoms. The summed E-state index contributed by atoms with van der Waals surface area (Å²) < 4.78 is 10.4. The smallest absolute Gasteiger partial charge is 0.295 e.